The van der Waals surface area contributed by atoms with Crippen LogP contribution in [-0.2, 0) is 0 Å². The summed E-state index contributed by atoms with van der Waals surface area (Å²) in [5.41, 5.74) is 10.9. The van der Waals surface area contributed by atoms with E-state index in [1.165, 1.54) is 5.56 Å². The number of piperazine rings is 1. The Bertz CT molecular complexity index is 360. The Labute approximate surface area is 116 Å². The maximum atomic E-state index is 5.96. The molecule has 19 heavy (non-hydrogen) atoms. The van der Waals surface area contributed by atoms with Crippen molar-refractivity contribution in [2.75, 3.05) is 39.8 Å². The number of nitrogens with two attached hydrogens (primary N) is 1. The molecule has 0 spiro atoms. The Kier molecular flexibility index (Phi) is 5.34. The molecule has 2 rings (SSSR count). The summed E-state index contributed by atoms with van der Waals surface area (Å²) in [4.78, 5) is 2.36. The van der Waals surface area contributed by atoms with Gasteiger partial charge in [0.2, 0.25) is 0 Å². The van der Waals surface area contributed by atoms with Gasteiger partial charge in [-0.05, 0) is 18.5 Å². The SMILES string of the molecule is CC(c1ccccc1)C(CN)NN1CCN(C)CC1. The molecular weight excluding hydrogens is 236 g/mol. The van der Waals surface area contributed by atoms with Crippen molar-refractivity contribution in [1.29, 1.82) is 0 Å². The molecule has 1 saturated heterocycles. The standard InChI is InChI=1S/C15H26N4/c1-13(14-6-4-3-5-7-14)15(12-16)17-19-10-8-18(2)9-11-19/h3-7,13,15,17H,8-12,16H2,1-2H3. The fourth-order valence-corrected chi connectivity index (χ4v) is 2.53. The van der Waals surface area contributed by atoms with E-state index < -0.39 is 0 Å². The van der Waals surface area contributed by atoms with E-state index in [0.29, 0.717) is 18.5 Å². The summed E-state index contributed by atoms with van der Waals surface area (Å²) >= 11 is 0. The van der Waals surface area contributed by atoms with Crippen LogP contribution >= 0.6 is 0 Å². The number of hydrogen-bond acceptors (Lipinski definition) is 4. The second-order valence-corrected chi connectivity index (χ2v) is 5.46. The zero-order valence-corrected chi connectivity index (χ0v) is 12.0. The molecule has 0 aromatic heterocycles. The lowest BCUT2D eigenvalue weighted by Gasteiger charge is -2.37. The molecule has 4 nitrogen and oxygen atoms in total. The van der Waals surface area contributed by atoms with Gasteiger partial charge in [-0.25, -0.2) is 5.01 Å². The van der Waals surface area contributed by atoms with Gasteiger partial charge in [-0.3, -0.25) is 5.43 Å². The summed E-state index contributed by atoms with van der Waals surface area (Å²) in [6.45, 7) is 7.26. The zero-order valence-electron chi connectivity index (χ0n) is 12.0. The van der Waals surface area contributed by atoms with Crippen LogP contribution in [0.15, 0.2) is 30.3 Å². The van der Waals surface area contributed by atoms with Gasteiger partial charge in [-0.2, -0.15) is 0 Å². The van der Waals surface area contributed by atoms with Crippen molar-refractivity contribution in [3.05, 3.63) is 35.9 Å². The highest BCUT2D eigenvalue weighted by atomic mass is 15.5. The first-order valence-electron chi connectivity index (χ1n) is 7.15. The number of benzene rings is 1. The summed E-state index contributed by atoms with van der Waals surface area (Å²) in [6.07, 6.45) is 0. The van der Waals surface area contributed by atoms with Crippen molar-refractivity contribution in [2.24, 2.45) is 5.73 Å². The lowest BCUT2D eigenvalue weighted by molar-refractivity contribution is 0.0835. The predicted molar refractivity (Wildman–Crippen MR) is 79.9 cm³/mol. The van der Waals surface area contributed by atoms with Crippen LogP contribution in [0, 0.1) is 0 Å². The minimum atomic E-state index is 0.297. The number of nitrogens with zero attached hydrogens (tertiary/aromatic N) is 2. The van der Waals surface area contributed by atoms with E-state index in [2.05, 4.69) is 59.6 Å². The minimum Gasteiger partial charge on any atom is -0.329 e. The van der Waals surface area contributed by atoms with Gasteiger partial charge in [-0.15, -0.1) is 0 Å². The first kappa shape index (κ1) is 14.5. The Hall–Kier alpha value is -0.940. The molecule has 3 N–H and O–H groups in total. The summed E-state index contributed by atoms with van der Waals surface area (Å²) < 4.78 is 0. The molecule has 1 aliphatic heterocycles. The van der Waals surface area contributed by atoms with E-state index in [1.807, 2.05) is 0 Å². The second kappa shape index (κ2) is 7.01. The predicted octanol–water partition coefficient (Wildman–Crippen LogP) is 0.869. The van der Waals surface area contributed by atoms with Crippen molar-refractivity contribution in [3.8, 4) is 0 Å². The van der Waals surface area contributed by atoms with Crippen LogP contribution in [-0.4, -0.2) is 55.7 Å². The van der Waals surface area contributed by atoms with E-state index in [4.69, 9.17) is 5.73 Å². The van der Waals surface area contributed by atoms with Gasteiger partial charge in [-0.1, -0.05) is 37.3 Å². The van der Waals surface area contributed by atoms with Crippen molar-refractivity contribution in [2.45, 2.75) is 18.9 Å². The van der Waals surface area contributed by atoms with Gasteiger partial charge in [0.25, 0.3) is 0 Å². The van der Waals surface area contributed by atoms with E-state index in [0.717, 1.165) is 26.2 Å². The molecule has 0 aliphatic carbocycles. The van der Waals surface area contributed by atoms with Crippen LogP contribution in [0.5, 0.6) is 0 Å². The molecule has 2 atom stereocenters. The second-order valence-electron chi connectivity index (χ2n) is 5.46. The topological polar surface area (TPSA) is 44.5 Å². The molecule has 4 heteroatoms. The number of hydrazine groups is 1. The van der Waals surface area contributed by atoms with Crippen molar-refractivity contribution in [1.82, 2.24) is 15.3 Å². The minimum absolute atomic E-state index is 0.297. The first-order valence-corrected chi connectivity index (χ1v) is 7.15. The third-order valence-electron chi connectivity index (χ3n) is 4.03. The molecular formula is C15H26N4. The molecule has 0 amide bonds. The highest BCUT2D eigenvalue weighted by Crippen LogP contribution is 2.18. The van der Waals surface area contributed by atoms with E-state index in [-0.39, 0.29) is 0 Å². The quantitative estimate of drug-likeness (QED) is 0.826. The van der Waals surface area contributed by atoms with Gasteiger partial charge < -0.3 is 10.6 Å². The molecule has 106 valence electrons. The van der Waals surface area contributed by atoms with Gasteiger partial charge in [0.15, 0.2) is 0 Å². The Morgan fingerprint density at radius 3 is 2.37 bits per heavy atom. The zero-order chi connectivity index (χ0) is 13.7. The van der Waals surface area contributed by atoms with Crippen LogP contribution < -0.4 is 11.2 Å². The lowest BCUT2D eigenvalue weighted by atomic mass is 9.94. The van der Waals surface area contributed by atoms with Gasteiger partial charge in [0.05, 0.1) is 0 Å². The summed E-state index contributed by atoms with van der Waals surface area (Å²) in [6, 6.07) is 10.9. The van der Waals surface area contributed by atoms with Crippen LogP contribution in [0.3, 0.4) is 0 Å². The highest BCUT2D eigenvalue weighted by molar-refractivity contribution is 5.20. The van der Waals surface area contributed by atoms with E-state index >= 15 is 0 Å². The molecule has 1 aliphatic rings. The molecule has 0 radical (unpaired) electrons. The Balaban J connectivity index is 1.92. The maximum Gasteiger partial charge on any atom is 0.0403 e. The molecule has 1 aromatic carbocycles. The largest absolute Gasteiger partial charge is 0.329 e. The fourth-order valence-electron chi connectivity index (χ4n) is 2.53. The number of rotatable bonds is 5. The smallest absolute Gasteiger partial charge is 0.0403 e. The molecule has 1 heterocycles. The monoisotopic (exact) mass is 262 g/mol. The Morgan fingerprint density at radius 1 is 1.16 bits per heavy atom. The van der Waals surface area contributed by atoms with Gasteiger partial charge in [0, 0.05) is 38.8 Å². The van der Waals surface area contributed by atoms with Crippen molar-refractivity contribution in [3.63, 3.8) is 0 Å². The first-order chi connectivity index (χ1) is 9.20. The van der Waals surface area contributed by atoms with Crippen molar-refractivity contribution < 1.29 is 0 Å². The fraction of sp³-hybridized carbons (Fsp3) is 0.600. The summed E-state index contributed by atoms with van der Waals surface area (Å²) in [5.74, 6) is 0.422. The third-order valence-corrected chi connectivity index (χ3v) is 4.03. The van der Waals surface area contributed by atoms with Gasteiger partial charge in [0.1, 0.15) is 0 Å². The van der Waals surface area contributed by atoms with Crippen LogP contribution in [0.25, 0.3) is 0 Å². The molecule has 0 saturated carbocycles. The Morgan fingerprint density at radius 2 is 1.79 bits per heavy atom. The summed E-state index contributed by atoms with van der Waals surface area (Å²) in [5, 5.41) is 2.32. The number of likely N-dealkylation sites (N-methyl/N-ethyl adjacent to an activating group) is 1. The van der Waals surface area contributed by atoms with E-state index in [9.17, 15) is 0 Å². The van der Waals surface area contributed by atoms with Crippen LogP contribution in [0.2, 0.25) is 0 Å². The normalized spacial score (nSPS) is 21.2. The van der Waals surface area contributed by atoms with E-state index in [1.54, 1.807) is 0 Å². The maximum absolute atomic E-state index is 5.96. The van der Waals surface area contributed by atoms with Crippen molar-refractivity contribution >= 4 is 0 Å². The summed E-state index contributed by atoms with van der Waals surface area (Å²) in [7, 11) is 2.17. The molecule has 2 unspecified atom stereocenters. The third kappa shape index (κ3) is 4.01. The van der Waals surface area contributed by atoms with Gasteiger partial charge >= 0.3 is 0 Å². The average molecular weight is 262 g/mol. The average Bonchev–Trinajstić information content (AvgIpc) is 2.47. The highest BCUT2D eigenvalue weighted by Gasteiger charge is 2.21. The molecule has 1 aromatic rings. The van der Waals surface area contributed by atoms with Crippen LogP contribution in [0.1, 0.15) is 18.4 Å². The molecule has 0 bridgehead atoms. The van der Waals surface area contributed by atoms with Crippen LogP contribution in [0.4, 0.5) is 0 Å². The molecule has 1 fully saturated rings. The lowest BCUT2D eigenvalue weighted by Crippen LogP contribution is -2.56. The number of hydrogen-bond donors (Lipinski definition) is 2. The number of nitrogens with one attached hydrogen (secondary N) is 1.